The monoisotopic (exact) mass is 301 g/mol. The minimum atomic E-state index is -4.55. The lowest BCUT2D eigenvalue weighted by Crippen LogP contribution is -2.24. The molecular formula is C14H18F3N3O. The first-order valence-corrected chi connectivity index (χ1v) is 6.74. The van der Waals surface area contributed by atoms with Crippen molar-refractivity contribution in [3.8, 4) is 6.07 Å². The maximum absolute atomic E-state index is 12.6. The van der Waals surface area contributed by atoms with Crippen molar-refractivity contribution in [1.29, 1.82) is 5.26 Å². The van der Waals surface area contributed by atoms with E-state index in [4.69, 9.17) is 5.26 Å². The molecule has 1 saturated heterocycles. The highest BCUT2D eigenvalue weighted by atomic mass is 19.4. The molecule has 0 aliphatic carbocycles. The van der Waals surface area contributed by atoms with E-state index in [0.717, 1.165) is 12.1 Å². The predicted octanol–water partition coefficient (Wildman–Crippen LogP) is 2.82. The van der Waals surface area contributed by atoms with Crippen molar-refractivity contribution in [3.05, 3.63) is 23.4 Å². The lowest BCUT2D eigenvalue weighted by molar-refractivity contribution is -0.141. The Morgan fingerprint density at radius 3 is 2.38 bits per heavy atom. The van der Waals surface area contributed by atoms with Gasteiger partial charge in [0, 0.05) is 19.0 Å². The number of pyridine rings is 1. The number of alkyl halides is 3. The molecule has 1 aromatic rings. The molecule has 4 nitrogen and oxygen atoms in total. The Hall–Kier alpha value is -1.81. The fourth-order valence-electron chi connectivity index (χ4n) is 2.06. The van der Waals surface area contributed by atoms with E-state index in [-0.39, 0.29) is 23.8 Å². The third kappa shape index (κ3) is 3.85. The standard InChI is InChI=1S/C12H12F3N3O.C2H6/c1-7-5-18(6-9(7)19)11-8(4-16)2-3-10(17-11)12(13,14)15;1-2/h2-3,7,9,19H,5-6H2,1H3;1-2H3/t7-,9+;/m0./s1. The molecule has 0 aromatic carbocycles. The van der Waals surface area contributed by atoms with Crippen molar-refractivity contribution < 1.29 is 18.3 Å². The van der Waals surface area contributed by atoms with Gasteiger partial charge in [-0.25, -0.2) is 4.98 Å². The van der Waals surface area contributed by atoms with Gasteiger partial charge in [-0.3, -0.25) is 0 Å². The van der Waals surface area contributed by atoms with Crippen molar-refractivity contribution in [1.82, 2.24) is 4.98 Å². The van der Waals surface area contributed by atoms with Gasteiger partial charge < -0.3 is 10.0 Å². The quantitative estimate of drug-likeness (QED) is 0.866. The van der Waals surface area contributed by atoms with E-state index < -0.39 is 18.0 Å². The number of hydrogen-bond acceptors (Lipinski definition) is 4. The summed E-state index contributed by atoms with van der Waals surface area (Å²) in [4.78, 5) is 5.05. The first-order chi connectivity index (χ1) is 9.82. The maximum Gasteiger partial charge on any atom is 0.433 e. The van der Waals surface area contributed by atoms with Crippen LogP contribution in [0.15, 0.2) is 12.1 Å². The zero-order valence-corrected chi connectivity index (χ0v) is 12.1. The highest BCUT2D eigenvalue weighted by molar-refractivity contribution is 5.55. The van der Waals surface area contributed by atoms with Crippen molar-refractivity contribution in [2.45, 2.75) is 33.1 Å². The van der Waals surface area contributed by atoms with Crippen LogP contribution in [-0.4, -0.2) is 29.3 Å². The van der Waals surface area contributed by atoms with Crippen LogP contribution in [0.5, 0.6) is 0 Å². The van der Waals surface area contributed by atoms with Crippen molar-refractivity contribution >= 4 is 5.82 Å². The second kappa shape index (κ2) is 6.76. The molecule has 2 atom stereocenters. The van der Waals surface area contributed by atoms with Crippen LogP contribution < -0.4 is 4.90 Å². The molecule has 0 saturated carbocycles. The predicted molar refractivity (Wildman–Crippen MR) is 72.7 cm³/mol. The molecule has 1 aliphatic heterocycles. The third-order valence-electron chi connectivity index (χ3n) is 3.16. The van der Waals surface area contributed by atoms with E-state index in [2.05, 4.69) is 4.98 Å². The number of aliphatic hydroxyl groups excluding tert-OH is 1. The summed E-state index contributed by atoms with van der Waals surface area (Å²) in [5.74, 6) is -0.0800. The smallest absolute Gasteiger partial charge is 0.391 e. The van der Waals surface area contributed by atoms with Crippen molar-refractivity contribution in [3.63, 3.8) is 0 Å². The van der Waals surface area contributed by atoms with E-state index in [9.17, 15) is 18.3 Å². The third-order valence-corrected chi connectivity index (χ3v) is 3.16. The largest absolute Gasteiger partial charge is 0.433 e. The number of hydrogen-bond donors (Lipinski definition) is 1. The summed E-state index contributed by atoms with van der Waals surface area (Å²) in [5, 5.41) is 18.6. The van der Waals surface area contributed by atoms with E-state index >= 15 is 0 Å². The highest BCUT2D eigenvalue weighted by Gasteiger charge is 2.35. The van der Waals surface area contributed by atoms with E-state index in [0.29, 0.717) is 6.54 Å². The Morgan fingerprint density at radius 1 is 1.33 bits per heavy atom. The number of nitriles is 1. The second-order valence-corrected chi connectivity index (χ2v) is 4.63. The van der Waals surface area contributed by atoms with Crippen LogP contribution in [0.3, 0.4) is 0 Å². The van der Waals surface area contributed by atoms with E-state index in [1.807, 2.05) is 19.9 Å². The lowest BCUT2D eigenvalue weighted by Gasteiger charge is -2.19. The van der Waals surface area contributed by atoms with Crippen LogP contribution in [0.4, 0.5) is 19.0 Å². The SMILES string of the molecule is CC.C[C@H]1CN(c2nc(C(F)(F)F)ccc2C#N)C[C@H]1O. The number of nitrogens with zero attached hydrogens (tertiary/aromatic N) is 3. The van der Waals surface area contributed by atoms with E-state index in [1.165, 1.54) is 4.90 Å². The molecule has 0 bridgehead atoms. The molecule has 2 rings (SSSR count). The van der Waals surface area contributed by atoms with Gasteiger partial charge >= 0.3 is 6.18 Å². The number of aromatic nitrogens is 1. The zero-order chi connectivity index (χ0) is 16.2. The number of aliphatic hydroxyl groups is 1. The van der Waals surface area contributed by atoms with Gasteiger partial charge in [0.2, 0.25) is 0 Å². The molecule has 1 fully saturated rings. The van der Waals surface area contributed by atoms with Crippen LogP contribution in [0.1, 0.15) is 32.0 Å². The molecule has 1 N–H and O–H groups in total. The van der Waals surface area contributed by atoms with Crippen LogP contribution in [-0.2, 0) is 6.18 Å². The number of rotatable bonds is 1. The molecule has 21 heavy (non-hydrogen) atoms. The summed E-state index contributed by atoms with van der Waals surface area (Å²) in [6.45, 7) is 6.36. The summed E-state index contributed by atoms with van der Waals surface area (Å²) in [7, 11) is 0. The molecule has 7 heteroatoms. The van der Waals surface area contributed by atoms with Gasteiger partial charge in [0.05, 0.1) is 11.7 Å². The van der Waals surface area contributed by atoms with Gasteiger partial charge in [0.15, 0.2) is 0 Å². The highest BCUT2D eigenvalue weighted by Crippen LogP contribution is 2.32. The van der Waals surface area contributed by atoms with Crippen LogP contribution in [0.25, 0.3) is 0 Å². The first-order valence-electron chi connectivity index (χ1n) is 6.74. The zero-order valence-electron chi connectivity index (χ0n) is 12.1. The molecule has 0 unspecified atom stereocenters. The summed E-state index contributed by atoms with van der Waals surface area (Å²) < 4.78 is 37.9. The van der Waals surface area contributed by atoms with Crippen molar-refractivity contribution in [2.75, 3.05) is 18.0 Å². The number of β-amino-alcohol motifs (C(OH)–C–C–N with tert-alkyl or cyclic N) is 1. The minimum absolute atomic E-state index is 0.0132. The van der Waals surface area contributed by atoms with Crippen LogP contribution in [0.2, 0.25) is 0 Å². The summed E-state index contributed by atoms with van der Waals surface area (Å²) in [5.41, 5.74) is -0.954. The molecular weight excluding hydrogens is 283 g/mol. The van der Waals surface area contributed by atoms with E-state index in [1.54, 1.807) is 6.92 Å². The van der Waals surface area contributed by atoms with Gasteiger partial charge in [-0.2, -0.15) is 18.4 Å². The Bertz CT molecular complexity index is 515. The lowest BCUT2D eigenvalue weighted by atomic mass is 10.1. The Labute approximate surface area is 121 Å². The normalized spacial score (nSPS) is 21.5. The molecule has 116 valence electrons. The topological polar surface area (TPSA) is 60.2 Å². The van der Waals surface area contributed by atoms with Gasteiger partial charge in [-0.1, -0.05) is 20.8 Å². The van der Waals surface area contributed by atoms with Crippen LogP contribution >= 0.6 is 0 Å². The average Bonchev–Trinajstić information content (AvgIpc) is 2.79. The average molecular weight is 301 g/mol. The molecule has 1 aliphatic rings. The Morgan fingerprint density at radius 2 is 1.95 bits per heavy atom. The minimum Gasteiger partial charge on any atom is -0.391 e. The van der Waals surface area contributed by atoms with Gasteiger partial charge in [-0.15, -0.1) is 0 Å². The molecule has 0 radical (unpaired) electrons. The Balaban J connectivity index is 0.00000106. The summed E-state index contributed by atoms with van der Waals surface area (Å²) >= 11 is 0. The molecule has 1 aromatic heterocycles. The fourth-order valence-corrected chi connectivity index (χ4v) is 2.06. The number of halogens is 3. The van der Waals surface area contributed by atoms with Gasteiger partial charge in [0.25, 0.3) is 0 Å². The van der Waals surface area contributed by atoms with Crippen molar-refractivity contribution in [2.24, 2.45) is 5.92 Å². The fraction of sp³-hybridized carbons (Fsp3) is 0.571. The Kier molecular flexibility index (Phi) is 5.55. The molecule has 0 amide bonds. The molecule has 0 spiro atoms. The van der Waals surface area contributed by atoms with Gasteiger partial charge in [-0.05, 0) is 12.1 Å². The first kappa shape index (κ1) is 17.2. The summed E-state index contributed by atoms with van der Waals surface area (Å²) in [6.07, 6.45) is -5.17. The van der Waals surface area contributed by atoms with Gasteiger partial charge in [0.1, 0.15) is 17.6 Å². The summed E-state index contributed by atoms with van der Waals surface area (Å²) in [6, 6.07) is 3.73. The number of anilines is 1. The van der Waals surface area contributed by atoms with Crippen LogP contribution in [0, 0.1) is 17.2 Å². The molecule has 2 heterocycles. The maximum atomic E-state index is 12.6. The second-order valence-electron chi connectivity index (χ2n) is 4.63.